The van der Waals surface area contributed by atoms with Crippen molar-refractivity contribution in [2.75, 3.05) is 13.7 Å². The van der Waals surface area contributed by atoms with Crippen LogP contribution in [0.5, 0.6) is 11.5 Å². The largest absolute Gasteiger partial charge is 0.493 e. The number of hydrogen-bond donors (Lipinski definition) is 1. The minimum Gasteiger partial charge on any atom is -0.493 e. The third-order valence-electron chi connectivity index (χ3n) is 2.15. The average molecular weight is 254 g/mol. The second-order valence-corrected chi connectivity index (χ2v) is 3.56. The molecule has 0 saturated carbocycles. The van der Waals surface area contributed by atoms with E-state index in [1.807, 2.05) is 6.92 Å². The maximum absolute atomic E-state index is 13.0. The van der Waals surface area contributed by atoms with Gasteiger partial charge in [-0.2, -0.15) is 4.39 Å². The van der Waals surface area contributed by atoms with Crippen LogP contribution in [-0.4, -0.2) is 24.8 Å². The molecule has 0 fully saturated rings. The van der Waals surface area contributed by atoms with Crippen molar-refractivity contribution >= 4 is 12.0 Å². The summed E-state index contributed by atoms with van der Waals surface area (Å²) in [5.41, 5.74) is 0.404. The van der Waals surface area contributed by atoms with Gasteiger partial charge in [-0.25, -0.2) is 4.79 Å². The van der Waals surface area contributed by atoms with Gasteiger partial charge in [0.1, 0.15) is 0 Å². The van der Waals surface area contributed by atoms with E-state index in [1.165, 1.54) is 13.2 Å². The molecule has 1 N–H and O–H groups in total. The molecule has 4 nitrogen and oxygen atoms in total. The van der Waals surface area contributed by atoms with Crippen molar-refractivity contribution in [1.82, 2.24) is 0 Å². The van der Waals surface area contributed by atoms with Crippen LogP contribution in [0.2, 0.25) is 0 Å². The Hall–Kier alpha value is -2.04. The lowest BCUT2D eigenvalue weighted by atomic mass is 10.2. The van der Waals surface area contributed by atoms with Gasteiger partial charge in [0.25, 0.3) is 0 Å². The number of hydrogen-bond acceptors (Lipinski definition) is 3. The molecule has 0 saturated heterocycles. The minimum atomic E-state index is -1.60. The fourth-order valence-corrected chi connectivity index (χ4v) is 1.32. The van der Waals surface area contributed by atoms with Crippen LogP contribution in [-0.2, 0) is 4.79 Å². The van der Waals surface area contributed by atoms with Crippen LogP contribution < -0.4 is 9.47 Å². The molecule has 0 heterocycles. The molecule has 0 unspecified atom stereocenters. The first-order valence-electron chi connectivity index (χ1n) is 5.49. The second-order valence-electron chi connectivity index (χ2n) is 3.56. The zero-order valence-corrected chi connectivity index (χ0v) is 10.3. The Kier molecular flexibility index (Phi) is 5.17. The van der Waals surface area contributed by atoms with Crippen molar-refractivity contribution in [2.24, 2.45) is 0 Å². The lowest BCUT2D eigenvalue weighted by molar-refractivity contribution is -0.134. The summed E-state index contributed by atoms with van der Waals surface area (Å²) in [5, 5.41) is 8.46. The van der Waals surface area contributed by atoms with Crippen molar-refractivity contribution in [3.63, 3.8) is 0 Å². The Morgan fingerprint density at radius 1 is 1.44 bits per heavy atom. The summed E-state index contributed by atoms with van der Waals surface area (Å²) in [6.45, 7) is 2.46. The number of halogens is 1. The first-order chi connectivity index (χ1) is 8.58. The molecule has 0 aliphatic rings. The number of carboxylic acids is 1. The number of carboxylic acid groups (broad SMARTS) is 1. The number of rotatable bonds is 6. The van der Waals surface area contributed by atoms with Gasteiger partial charge in [-0.15, -0.1) is 0 Å². The van der Waals surface area contributed by atoms with Crippen LogP contribution in [0.25, 0.3) is 6.08 Å². The van der Waals surface area contributed by atoms with Crippen molar-refractivity contribution < 1.29 is 23.8 Å². The first kappa shape index (κ1) is 14.0. The van der Waals surface area contributed by atoms with Crippen LogP contribution in [0, 0.1) is 0 Å². The third-order valence-corrected chi connectivity index (χ3v) is 2.15. The van der Waals surface area contributed by atoms with Gasteiger partial charge in [-0.05, 0) is 30.2 Å². The smallest absolute Gasteiger partial charge is 0.364 e. The van der Waals surface area contributed by atoms with Gasteiger partial charge in [0.2, 0.25) is 5.83 Å². The number of aliphatic carboxylic acids is 1. The predicted octanol–water partition coefficient (Wildman–Crippen LogP) is 2.88. The molecule has 1 aromatic carbocycles. The van der Waals surface area contributed by atoms with E-state index in [2.05, 4.69) is 0 Å². The maximum Gasteiger partial charge on any atom is 0.364 e. The summed E-state index contributed by atoms with van der Waals surface area (Å²) in [6, 6.07) is 4.70. The lowest BCUT2D eigenvalue weighted by Gasteiger charge is -2.10. The van der Waals surface area contributed by atoms with Gasteiger partial charge in [-0.1, -0.05) is 13.0 Å². The normalized spacial score (nSPS) is 11.2. The van der Waals surface area contributed by atoms with Crippen molar-refractivity contribution in [3.8, 4) is 11.5 Å². The molecule has 0 aromatic heterocycles. The summed E-state index contributed by atoms with van der Waals surface area (Å²) in [4.78, 5) is 10.4. The molecule has 1 aromatic rings. The lowest BCUT2D eigenvalue weighted by Crippen LogP contribution is -1.98. The summed E-state index contributed by atoms with van der Waals surface area (Å²) < 4.78 is 23.5. The molecule has 0 amide bonds. The topological polar surface area (TPSA) is 55.8 Å². The Morgan fingerprint density at radius 2 is 2.17 bits per heavy atom. The first-order valence-corrected chi connectivity index (χ1v) is 5.49. The molecule has 0 spiro atoms. The van der Waals surface area contributed by atoms with Crippen LogP contribution in [0.15, 0.2) is 24.0 Å². The summed E-state index contributed by atoms with van der Waals surface area (Å²) in [7, 11) is 1.50. The highest BCUT2D eigenvalue weighted by atomic mass is 19.1. The monoisotopic (exact) mass is 254 g/mol. The molecular formula is C13H15FO4. The van der Waals surface area contributed by atoms with Crippen LogP contribution in [0.1, 0.15) is 18.9 Å². The van der Waals surface area contributed by atoms with E-state index >= 15 is 0 Å². The van der Waals surface area contributed by atoms with Gasteiger partial charge in [0.05, 0.1) is 13.7 Å². The van der Waals surface area contributed by atoms with Gasteiger partial charge in [-0.3, -0.25) is 0 Å². The summed E-state index contributed by atoms with van der Waals surface area (Å²) in [5.74, 6) is -1.83. The van der Waals surface area contributed by atoms with E-state index in [0.29, 0.717) is 23.7 Å². The van der Waals surface area contributed by atoms with Gasteiger partial charge < -0.3 is 14.6 Å². The van der Waals surface area contributed by atoms with Gasteiger partial charge >= 0.3 is 5.97 Å². The highest BCUT2D eigenvalue weighted by Gasteiger charge is 2.08. The minimum absolute atomic E-state index is 0.404. The number of carbonyl (C=O) groups is 1. The standard InChI is InChI=1S/C13H15FO4/c1-3-6-18-12-8-9(4-5-11(12)17-2)7-10(14)13(15)16/h4-5,7-8H,3,6H2,1-2H3,(H,15,16). The SMILES string of the molecule is CCCOc1cc(C=C(F)C(=O)O)ccc1OC. The fourth-order valence-electron chi connectivity index (χ4n) is 1.32. The van der Waals surface area contributed by atoms with Crippen LogP contribution in [0.3, 0.4) is 0 Å². The summed E-state index contributed by atoms with van der Waals surface area (Å²) in [6.07, 6.45) is 1.76. The second kappa shape index (κ2) is 6.64. The molecule has 5 heteroatoms. The van der Waals surface area contributed by atoms with Gasteiger partial charge in [0.15, 0.2) is 11.5 Å². The van der Waals surface area contributed by atoms with E-state index in [4.69, 9.17) is 14.6 Å². The Labute approximate surface area is 105 Å². The Bertz CT molecular complexity index is 454. The fraction of sp³-hybridized carbons (Fsp3) is 0.308. The van der Waals surface area contributed by atoms with Crippen molar-refractivity contribution in [3.05, 3.63) is 29.6 Å². The van der Waals surface area contributed by atoms with Crippen molar-refractivity contribution in [2.45, 2.75) is 13.3 Å². The van der Waals surface area contributed by atoms with Crippen molar-refractivity contribution in [1.29, 1.82) is 0 Å². The number of methoxy groups -OCH3 is 1. The van der Waals surface area contributed by atoms with Crippen LogP contribution in [0.4, 0.5) is 4.39 Å². The molecule has 98 valence electrons. The molecular weight excluding hydrogens is 239 g/mol. The van der Waals surface area contributed by atoms with Crippen LogP contribution >= 0.6 is 0 Å². The quantitative estimate of drug-likeness (QED) is 0.793. The Balaban J connectivity index is 3.02. The zero-order chi connectivity index (χ0) is 13.5. The van der Waals surface area contributed by atoms with E-state index in [9.17, 15) is 9.18 Å². The molecule has 0 aliphatic heterocycles. The Morgan fingerprint density at radius 3 is 2.72 bits per heavy atom. The maximum atomic E-state index is 13.0. The third kappa shape index (κ3) is 3.76. The van der Waals surface area contributed by atoms with Gasteiger partial charge in [0, 0.05) is 0 Å². The highest BCUT2D eigenvalue weighted by Crippen LogP contribution is 2.29. The van der Waals surface area contributed by atoms with E-state index in [-0.39, 0.29) is 0 Å². The van der Waals surface area contributed by atoms with E-state index < -0.39 is 11.8 Å². The highest BCUT2D eigenvalue weighted by molar-refractivity contribution is 5.89. The summed E-state index contributed by atoms with van der Waals surface area (Å²) >= 11 is 0. The molecule has 0 radical (unpaired) electrons. The molecule has 0 aliphatic carbocycles. The predicted molar refractivity (Wildman–Crippen MR) is 65.5 cm³/mol. The van der Waals surface area contributed by atoms with E-state index in [0.717, 1.165) is 12.5 Å². The average Bonchev–Trinajstić information content (AvgIpc) is 2.36. The molecule has 0 atom stereocenters. The molecule has 18 heavy (non-hydrogen) atoms. The number of benzene rings is 1. The zero-order valence-electron chi connectivity index (χ0n) is 10.3. The number of ether oxygens (including phenoxy) is 2. The molecule has 1 rings (SSSR count). The molecule has 0 bridgehead atoms. The van der Waals surface area contributed by atoms with E-state index in [1.54, 1.807) is 12.1 Å².